The number of tetrazole rings is 1. The number of benzene rings is 1. The molecule has 11 nitrogen and oxygen atoms in total. The number of halogens is 1. The van der Waals surface area contributed by atoms with Gasteiger partial charge in [0.25, 0.3) is 0 Å². The van der Waals surface area contributed by atoms with E-state index in [4.69, 9.17) is 9.84 Å². The van der Waals surface area contributed by atoms with Gasteiger partial charge in [-0.25, -0.2) is 14.0 Å². The highest BCUT2D eigenvalue weighted by molar-refractivity contribution is 5.90. The standard InChI is InChI=1S/C17H13FN6O5/c18-13-5-10(24-7-11(29-16(24)25)8-28-17(26)27)2-3-12(13)9-1-4-14(19-6-9)15-20-22-23-21-15/h1-6,11H,7-8H2,(H,26,27)(H,20,21,22,23)/t11-/m1/s1. The molecule has 29 heavy (non-hydrogen) atoms. The predicted octanol–water partition coefficient (Wildman–Crippen LogP) is 2.09. The van der Waals surface area contributed by atoms with Crippen LogP contribution in [0.5, 0.6) is 0 Å². The number of nitrogens with zero attached hydrogens (tertiary/aromatic N) is 5. The van der Waals surface area contributed by atoms with Crippen molar-refractivity contribution in [1.29, 1.82) is 0 Å². The number of cyclic esters (lactones) is 1. The predicted molar refractivity (Wildman–Crippen MR) is 94.4 cm³/mol. The molecule has 148 valence electrons. The van der Waals surface area contributed by atoms with Gasteiger partial charge in [0, 0.05) is 17.3 Å². The first-order valence-corrected chi connectivity index (χ1v) is 8.35. The monoisotopic (exact) mass is 400 g/mol. The van der Waals surface area contributed by atoms with Crippen molar-refractivity contribution in [2.75, 3.05) is 18.1 Å². The van der Waals surface area contributed by atoms with E-state index in [1.807, 2.05) is 0 Å². The highest BCUT2D eigenvalue weighted by atomic mass is 19.1. The molecule has 1 amide bonds. The smallest absolute Gasteiger partial charge is 0.450 e. The summed E-state index contributed by atoms with van der Waals surface area (Å²) < 4.78 is 24.1. The van der Waals surface area contributed by atoms with Crippen LogP contribution in [-0.4, -0.2) is 62.2 Å². The summed E-state index contributed by atoms with van der Waals surface area (Å²) >= 11 is 0. The van der Waals surface area contributed by atoms with E-state index < -0.39 is 24.2 Å². The van der Waals surface area contributed by atoms with E-state index in [9.17, 15) is 14.0 Å². The molecule has 0 saturated carbocycles. The quantitative estimate of drug-likeness (QED) is 0.615. The lowest BCUT2D eigenvalue weighted by Gasteiger charge is -2.14. The first kappa shape index (κ1) is 18.3. The second-order valence-corrected chi connectivity index (χ2v) is 6.02. The molecule has 2 aromatic heterocycles. The van der Waals surface area contributed by atoms with Crippen molar-refractivity contribution in [1.82, 2.24) is 25.6 Å². The third kappa shape index (κ3) is 3.81. The average Bonchev–Trinajstić information content (AvgIpc) is 3.36. The van der Waals surface area contributed by atoms with Crippen molar-refractivity contribution < 1.29 is 28.6 Å². The lowest BCUT2D eigenvalue weighted by molar-refractivity contribution is 0.0462. The minimum atomic E-state index is -1.46. The molecule has 4 rings (SSSR count). The average molecular weight is 400 g/mol. The largest absolute Gasteiger partial charge is 0.505 e. The van der Waals surface area contributed by atoms with Crippen LogP contribution in [0, 0.1) is 5.82 Å². The Morgan fingerprint density at radius 1 is 1.38 bits per heavy atom. The third-order valence-corrected chi connectivity index (χ3v) is 4.18. The van der Waals surface area contributed by atoms with Gasteiger partial charge in [0.1, 0.15) is 18.1 Å². The Hall–Kier alpha value is -4.09. The molecule has 0 bridgehead atoms. The lowest BCUT2D eigenvalue weighted by atomic mass is 10.1. The van der Waals surface area contributed by atoms with Gasteiger partial charge in [0.15, 0.2) is 6.10 Å². The summed E-state index contributed by atoms with van der Waals surface area (Å²) in [7, 11) is 0. The fourth-order valence-electron chi connectivity index (χ4n) is 2.85. The minimum Gasteiger partial charge on any atom is -0.450 e. The molecule has 0 radical (unpaired) electrons. The van der Waals surface area contributed by atoms with E-state index >= 15 is 0 Å². The van der Waals surface area contributed by atoms with Crippen LogP contribution in [0.4, 0.5) is 19.7 Å². The van der Waals surface area contributed by atoms with E-state index in [1.54, 1.807) is 18.2 Å². The number of H-pyrrole nitrogens is 1. The number of carbonyl (C=O) groups excluding carboxylic acids is 1. The number of aromatic amines is 1. The van der Waals surface area contributed by atoms with Gasteiger partial charge in [0.05, 0.1) is 12.2 Å². The van der Waals surface area contributed by atoms with E-state index in [0.29, 0.717) is 22.6 Å². The molecule has 1 saturated heterocycles. The number of amides is 1. The molecule has 1 atom stereocenters. The summed E-state index contributed by atoms with van der Waals surface area (Å²) in [6.07, 6.45) is -1.45. The van der Waals surface area contributed by atoms with Crippen molar-refractivity contribution in [3.63, 3.8) is 0 Å². The molecule has 0 aliphatic carbocycles. The number of ether oxygens (including phenoxy) is 2. The minimum absolute atomic E-state index is 0.0475. The van der Waals surface area contributed by atoms with Crippen molar-refractivity contribution in [3.8, 4) is 22.6 Å². The number of aromatic nitrogens is 5. The number of hydrogen-bond donors (Lipinski definition) is 2. The van der Waals surface area contributed by atoms with Gasteiger partial charge >= 0.3 is 12.2 Å². The first-order chi connectivity index (χ1) is 14.0. The molecular formula is C17H13FN6O5. The maximum Gasteiger partial charge on any atom is 0.505 e. The summed E-state index contributed by atoms with van der Waals surface area (Å²) in [5, 5.41) is 22.0. The zero-order valence-electron chi connectivity index (χ0n) is 14.6. The highest BCUT2D eigenvalue weighted by Gasteiger charge is 2.33. The van der Waals surface area contributed by atoms with Crippen molar-refractivity contribution in [2.24, 2.45) is 0 Å². The maximum atomic E-state index is 14.7. The van der Waals surface area contributed by atoms with Crippen LogP contribution in [0.25, 0.3) is 22.6 Å². The summed E-state index contributed by atoms with van der Waals surface area (Å²) in [5.74, 6) is -0.240. The maximum absolute atomic E-state index is 14.7. The zero-order chi connectivity index (χ0) is 20.4. The van der Waals surface area contributed by atoms with Gasteiger partial charge in [-0.05, 0) is 29.5 Å². The number of rotatable bonds is 5. The molecule has 1 fully saturated rings. The Morgan fingerprint density at radius 2 is 2.24 bits per heavy atom. The normalized spacial score (nSPS) is 16.0. The van der Waals surface area contributed by atoms with E-state index in [0.717, 1.165) is 0 Å². The summed E-state index contributed by atoms with van der Waals surface area (Å²) in [4.78, 5) is 27.9. The Balaban J connectivity index is 1.51. The third-order valence-electron chi connectivity index (χ3n) is 4.18. The van der Waals surface area contributed by atoms with Crippen molar-refractivity contribution >= 4 is 17.9 Å². The van der Waals surface area contributed by atoms with Crippen LogP contribution < -0.4 is 4.90 Å². The van der Waals surface area contributed by atoms with Gasteiger partial charge in [-0.1, -0.05) is 6.07 Å². The van der Waals surface area contributed by atoms with E-state index in [2.05, 4.69) is 30.3 Å². The molecule has 1 aliphatic heterocycles. The fourth-order valence-corrected chi connectivity index (χ4v) is 2.85. The molecule has 1 aromatic carbocycles. The number of pyridine rings is 1. The van der Waals surface area contributed by atoms with Gasteiger partial charge in [-0.2, -0.15) is 5.21 Å². The molecule has 3 heterocycles. The number of carbonyl (C=O) groups is 2. The van der Waals surface area contributed by atoms with Crippen LogP contribution in [0.15, 0.2) is 36.5 Å². The van der Waals surface area contributed by atoms with E-state index in [-0.39, 0.29) is 18.8 Å². The second-order valence-electron chi connectivity index (χ2n) is 6.02. The molecule has 2 N–H and O–H groups in total. The van der Waals surface area contributed by atoms with Crippen LogP contribution in [-0.2, 0) is 9.47 Å². The number of carboxylic acid groups (broad SMARTS) is 1. The molecule has 12 heteroatoms. The number of anilines is 1. The topological polar surface area (TPSA) is 143 Å². The first-order valence-electron chi connectivity index (χ1n) is 8.35. The fraction of sp³-hybridized carbons (Fsp3) is 0.176. The highest BCUT2D eigenvalue weighted by Crippen LogP contribution is 2.29. The Labute approximate surface area is 162 Å². The van der Waals surface area contributed by atoms with Gasteiger partial charge in [0.2, 0.25) is 5.82 Å². The molecular weight excluding hydrogens is 387 g/mol. The summed E-state index contributed by atoms with van der Waals surface area (Å²) in [6, 6.07) is 7.58. The van der Waals surface area contributed by atoms with Gasteiger partial charge in [-0.3, -0.25) is 9.88 Å². The Morgan fingerprint density at radius 3 is 2.90 bits per heavy atom. The summed E-state index contributed by atoms with van der Waals surface area (Å²) in [6.45, 7) is -0.248. The molecule has 1 aliphatic rings. The van der Waals surface area contributed by atoms with Crippen molar-refractivity contribution in [3.05, 3.63) is 42.3 Å². The van der Waals surface area contributed by atoms with Crippen LogP contribution in [0.2, 0.25) is 0 Å². The number of nitrogens with one attached hydrogen (secondary N) is 1. The molecule has 3 aromatic rings. The van der Waals surface area contributed by atoms with Crippen LogP contribution in [0.3, 0.4) is 0 Å². The molecule has 0 unspecified atom stereocenters. The number of hydrogen-bond acceptors (Lipinski definition) is 8. The summed E-state index contributed by atoms with van der Waals surface area (Å²) in [5.41, 5.74) is 1.58. The van der Waals surface area contributed by atoms with Crippen LogP contribution >= 0.6 is 0 Å². The second kappa shape index (κ2) is 7.50. The van der Waals surface area contributed by atoms with Gasteiger partial charge in [-0.15, -0.1) is 10.2 Å². The molecule has 0 spiro atoms. The zero-order valence-corrected chi connectivity index (χ0v) is 14.6. The lowest BCUT2D eigenvalue weighted by Crippen LogP contribution is -2.26. The SMILES string of the molecule is O=C(O)OC[C@H]1CN(c2ccc(-c3ccc(-c4nn[nH]n4)nc3)c(F)c2)C(=O)O1. The van der Waals surface area contributed by atoms with Gasteiger partial charge < -0.3 is 14.6 Å². The Kier molecular flexibility index (Phi) is 4.73. The van der Waals surface area contributed by atoms with E-state index in [1.165, 1.54) is 23.2 Å². The Bertz CT molecular complexity index is 1040. The van der Waals surface area contributed by atoms with Crippen LogP contribution in [0.1, 0.15) is 0 Å². The van der Waals surface area contributed by atoms with Crippen molar-refractivity contribution in [2.45, 2.75) is 6.10 Å².